The molecule has 2 N–H and O–H groups in total. The summed E-state index contributed by atoms with van der Waals surface area (Å²) in [5, 5.41) is 16.6. The van der Waals surface area contributed by atoms with Crippen molar-refractivity contribution in [1.29, 1.82) is 0 Å². The van der Waals surface area contributed by atoms with Crippen LogP contribution in [0.1, 0.15) is 59.9 Å². The Morgan fingerprint density at radius 2 is 2.20 bits per heavy atom. The van der Waals surface area contributed by atoms with Gasteiger partial charge in [0.1, 0.15) is 11.4 Å². The molecule has 0 radical (unpaired) electrons. The minimum absolute atomic E-state index is 0.0933. The molecule has 0 fully saturated rings. The fourth-order valence-electron chi connectivity index (χ4n) is 3.26. The average Bonchev–Trinajstić information content (AvgIpc) is 3.12. The zero-order valence-electron chi connectivity index (χ0n) is 14.2. The van der Waals surface area contributed by atoms with Crippen LogP contribution in [0.15, 0.2) is 24.4 Å². The summed E-state index contributed by atoms with van der Waals surface area (Å²) in [7, 11) is 0. The zero-order valence-corrected chi connectivity index (χ0v) is 14.2. The highest BCUT2D eigenvalue weighted by Crippen LogP contribution is 2.36. The molecule has 1 aliphatic rings. The van der Waals surface area contributed by atoms with Crippen molar-refractivity contribution in [3.05, 3.63) is 46.8 Å². The van der Waals surface area contributed by atoms with Gasteiger partial charge in [0.25, 0.3) is 12.3 Å². The van der Waals surface area contributed by atoms with Gasteiger partial charge in [-0.15, -0.1) is 0 Å². The van der Waals surface area contributed by atoms with Crippen LogP contribution in [0.2, 0.25) is 0 Å². The first-order valence-corrected chi connectivity index (χ1v) is 8.34. The van der Waals surface area contributed by atoms with Gasteiger partial charge in [0.05, 0.1) is 11.6 Å². The van der Waals surface area contributed by atoms with E-state index in [1.165, 1.54) is 10.9 Å². The summed E-state index contributed by atoms with van der Waals surface area (Å²) in [4.78, 5) is 12.6. The first-order chi connectivity index (χ1) is 11.9. The van der Waals surface area contributed by atoms with E-state index in [0.29, 0.717) is 19.4 Å². The molecule has 1 aliphatic carbocycles. The van der Waals surface area contributed by atoms with Gasteiger partial charge >= 0.3 is 0 Å². The third-order valence-corrected chi connectivity index (χ3v) is 4.35. The van der Waals surface area contributed by atoms with E-state index < -0.39 is 18.0 Å². The van der Waals surface area contributed by atoms with Crippen molar-refractivity contribution in [3.63, 3.8) is 0 Å². The van der Waals surface area contributed by atoms with E-state index in [2.05, 4.69) is 10.4 Å². The Balaban J connectivity index is 1.83. The molecule has 3 rings (SSSR count). The van der Waals surface area contributed by atoms with Gasteiger partial charge < -0.3 is 10.4 Å². The van der Waals surface area contributed by atoms with E-state index in [4.69, 9.17) is 0 Å². The number of nitrogens with one attached hydrogen (secondary N) is 1. The summed E-state index contributed by atoms with van der Waals surface area (Å²) in [6.45, 7) is 4.37. The van der Waals surface area contributed by atoms with Gasteiger partial charge in [-0.05, 0) is 36.0 Å². The number of benzene rings is 1. The van der Waals surface area contributed by atoms with Crippen molar-refractivity contribution in [3.8, 4) is 5.75 Å². The summed E-state index contributed by atoms with van der Waals surface area (Å²) < 4.78 is 27.9. The van der Waals surface area contributed by atoms with Crippen LogP contribution in [0, 0.1) is 5.92 Å². The fourth-order valence-corrected chi connectivity index (χ4v) is 3.26. The highest BCUT2D eigenvalue weighted by atomic mass is 19.3. The largest absolute Gasteiger partial charge is 0.508 e. The average molecular weight is 349 g/mol. The molecular formula is C18H21F2N3O2. The number of carbonyl (C=O) groups excluding carboxylic acids is 1. The quantitative estimate of drug-likeness (QED) is 0.867. The van der Waals surface area contributed by atoms with Gasteiger partial charge in [-0.3, -0.25) is 9.48 Å². The number of halogens is 2. The minimum atomic E-state index is -2.81. The summed E-state index contributed by atoms with van der Waals surface area (Å²) >= 11 is 0. The number of aromatic hydroxyl groups is 1. The number of fused-ring (bicyclic) bond motifs is 1. The smallest absolute Gasteiger partial charge is 0.282 e. The van der Waals surface area contributed by atoms with Gasteiger partial charge in [0.2, 0.25) is 0 Å². The number of rotatable bonds is 5. The summed E-state index contributed by atoms with van der Waals surface area (Å²) in [5.41, 5.74) is 1.05. The van der Waals surface area contributed by atoms with Gasteiger partial charge in [0, 0.05) is 12.7 Å². The second-order valence-electron chi connectivity index (χ2n) is 6.75. The minimum Gasteiger partial charge on any atom is -0.508 e. The van der Waals surface area contributed by atoms with Crippen LogP contribution >= 0.6 is 0 Å². The Hall–Kier alpha value is -2.44. The molecule has 0 saturated carbocycles. The van der Waals surface area contributed by atoms with E-state index in [1.807, 2.05) is 19.9 Å². The highest BCUT2D eigenvalue weighted by molar-refractivity contribution is 5.95. The maximum Gasteiger partial charge on any atom is 0.282 e. The van der Waals surface area contributed by atoms with Crippen molar-refractivity contribution in [2.24, 2.45) is 5.92 Å². The molecule has 25 heavy (non-hydrogen) atoms. The van der Waals surface area contributed by atoms with Crippen LogP contribution in [-0.4, -0.2) is 20.8 Å². The SMILES string of the molecule is CC(C)Cn1cc(C(=O)NC2CCc3c(O)cccc32)c(C(F)F)n1. The molecular weight excluding hydrogens is 328 g/mol. The van der Waals surface area contributed by atoms with Crippen molar-refractivity contribution in [2.75, 3.05) is 0 Å². The second-order valence-corrected chi connectivity index (χ2v) is 6.75. The molecule has 5 nitrogen and oxygen atoms in total. The van der Waals surface area contributed by atoms with Gasteiger partial charge in [0.15, 0.2) is 0 Å². The lowest BCUT2D eigenvalue weighted by atomic mass is 10.1. The lowest BCUT2D eigenvalue weighted by Gasteiger charge is -2.14. The maximum absolute atomic E-state index is 13.3. The van der Waals surface area contributed by atoms with Gasteiger partial charge in [-0.25, -0.2) is 8.78 Å². The first kappa shape index (κ1) is 17.4. The molecule has 1 amide bonds. The normalized spacial score (nSPS) is 16.5. The fraction of sp³-hybridized carbons (Fsp3) is 0.444. The van der Waals surface area contributed by atoms with Gasteiger partial charge in [-0.2, -0.15) is 5.10 Å². The lowest BCUT2D eigenvalue weighted by molar-refractivity contribution is 0.0922. The van der Waals surface area contributed by atoms with Crippen LogP contribution in [0.5, 0.6) is 5.75 Å². The van der Waals surface area contributed by atoms with Crippen LogP contribution < -0.4 is 5.32 Å². The number of nitrogens with zero attached hydrogens (tertiary/aromatic N) is 2. The van der Waals surface area contributed by atoms with Crippen LogP contribution in [0.3, 0.4) is 0 Å². The molecule has 134 valence electrons. The monoisotopic (exact) mass is 349 g/mol. The number of phenolic OH excluding ortho intramolecular Hbond substituents is 1. The van der Waals surface area contributed by atoms with Crippen molar-refractivity contribution >= 4 is 5.91 Å². The molecule has 0 bridgehead atoms. The lowest BCUT2D eigenvalue weighted by Crippen LogP contribution is -2.27. The molecule has 1 aromatic heterocycles. The van der Waals surface area contributed by atoms with E-state index in [9.17, 15) is 18.7 Å². The van der Waals surface area contributed by atoms with Crippen LogP contribution in [0.25, 0.3) is 0 Å². The van der Waals surface area contributed by atoms with Crippen LogP contribution in [0.4, 0.5) is 8.78 Å². The Morgan fingerprint density at radius 1 is 1.44 bits per heavy atom. The molecule has 1 aromatic carbocycles. The Labute approximate surface area is 144 Å². The third-order valence-electron chi connectivity index (χ3n) is 4.35. The maximum atomic E-state index is 13.3. The van der Waals surface area contributed by atoms with E-state index in [1.54, 1.807) is 12.1 Å². The summed E-state index contributed by atoms with van der Waals surface area (Å²) in [5.74, 6) is -0.134. The Bertz CT molecular complexity index is 787. The van der Waals surface area contributed by atoms with Crippen molar-refractivity contribution < 1.29 is 18.7 Å². The Kier molecular flexibility index (Phi) is 4.74. The van der Waals surface area contributed by atoms with E-state index in [0.717, 1.165) is 11.1 Å². The number of amides is 1. The third kappa shape index (κ3) is 3.50. The molecule has 1 atom stereocenters. The number of phenols is 1. The van der Waals surface area contributed by atoms with E-state index >= 15 is 0 Å². The van der Waals surface area contributed by atoms with Gasteiger partial charge in [-0.1, -0.05) is 26.0 Å². The zero-order chi connectivity index (χ0) is 18.1. The Morgan fingerprint density at radius 3 is 2.88 bits per heavy atom. The number of alkyl halides is 2. The number of aromatic nitrogens is 2. The number of carbonyl (C=O) groups is 1. The number of hydrogen-bond acceptors (Lipinski definition) is 3. The van der Waals surface area contributed by atoms with Crippen LogP contribution in [-0.2, 0) is 13.0 Å². The molecule has 1 unspecified atom stereocenters. The predicted octanol–water partition coefficient (Wildman–Crippen LogP) is 3.60. The van der Waals surface area contributed by atoms with E-state index in [-0.39, 0.29) is 23.3 Å². The molecule has 2 aromatic rings. The molecule has 1 heterocycles. The van der Waals surface area contributed by atoms with Crippen molar-refractivity contribution in [2.45, 2.75) is 45.7 Å². The van der Waals surface area contributed by atoms with Crippen molar-refractivity contribution in [1.82, 2.24) is 15.1 Å². The molecule has 0 saturated heterocycles. The molecule has 7 heteroatoms. The molecule has 0 aliphatic heterocycles. The highest BCUT2D eigenvalue weighted by Gasteiger charge is 2.29. The second kappa shape index (κ2) is 6.82. The topological polar surface area (TPSA) is 67.2 Å². The molecule has 0 spiro atoms. The first-order valence-electron chi connectivity index (χ1n) is 8.34. The number of hydrogen-bond donors (Lipinski definition) is 2. The summed E-state index contributed by atoms with van der Waals surface area (Å²) in [6.07, 6.45) is -0.159. The standard InChI is InChI=1S/C18H21F2N3O2/c1-10(2)8-23-9-13(16(22-23)17(19)20)18(25)21-14-7-6-12-11(14)4-3-5-15(12)24/h3-5,9-10,14,17,24H,6-8H2,1-2H3,(H,21,25). The summed E-state index contributed by atoms with van der Waals surface area (Å²) in [6, 6.07) is 4.86. The predicted molar refractivity (Wildman–Crippen MR) is 88.7 cm³/mol.